The highest BCUT2D eigenvalue weighted by Gasteiger charge is 1.93. The topological polar surface area (TPSA) is 0 Å². The molecular weight excluding hydrogens is 168 g/mol. The van der Waals surface area contributed by atoms with Crippen LogP contribution in [0.5, 0.6) is 0 Å². The summed E-state index contributed by atoms with van der Waals surface area (Å²) in [6.07, 6.45) is 8.17. The minimum atomic E-state index is 0.949. The summed E-state index contributed by atoms with van der Waals surface area (Å²) < 4.78 is 0. The SMILES string of the molecule is CCCC(C)CC.CCCC(C)CC. The minimum absolute atomic E-state index is 0.949. The average molecular weight is 200 g/mol. The van der Waals surface area contributed by atoms with Gasteiger partial charge >= 0.3 is 0 Å². The second-order valence-electron chi connectivity index (χ2n) is 4.60. The Bertz CT molecular complexity index is 74.0. The lowest BCUT2D eigenvalue weighted by Crippen LogP contribution is -1.88. The number of rotatable bonds is 6. The van der Waals surface area contributed by atoms with Gasteiger partial charge in [0.25, 0.3) is 0 Å². The van der Waals surface area contributed by atoms with Gasteiger partial charge in [-0.2, -0.15) is 0 Å². The normalized spacial score (nSPS) is 14.1. The van der Waals surface area contributed by atoms with Crippen molar-refractivity contribution in [1.82, 2.24) is 0 Å². The summed E-state index contributed by atoms with van der Waals surface area (Å²) in [6.45, 7) is 13.6. The van der Waals surface area contributed by atoms with E-state index < -0.39 is 0 Å². The molecule has 0 aliphatic carbocycles. The van der Waals surface area contributed by atoms with Gasteiger partial charge in [0.2, 0.25) is 0 Å². The quantitative estimate of drug-likeness (QED) is 0.518. The third-order valence-corrected chi connectivity index (χ3v) is 2.96. The molecule has 0 amide bonds. The monoisotopic (exact) mass is 200 g/mol. The van der Waals surface area contributed by atoms with Gasteiger partial charge < -0.3 is 0 Å². The van der Waals surface area contributed by atoms with Gasteiger partial charge in [0, 0.05) is 0 Å². The second-order valence-corrected chi connectivity index (χ2v) is 4.60. The van der Waals surface area contributed by atoms with Gasteiger partial charge in [-0.3, -0.25) is 0 Å². The van der Waals surface area contributed by atoms with E-state index in [-0.39, 0.29) is 0 Å². The molecule has 0 nitrogen and oxygen atoms in total. The van der Waals surface area contributed by atoms with Crippen LogP contribution in [0.25, 0.3) is 0 Å². The van der Waals surface area contributed by atoms with Crippen molar-refractivity contribution in [3.05, 3.63) is 0 Å². The summed E-state index contributed by atoms with van der Waals surface area (Å²) in [5.74, 6) is 1.90. The van der Waals surface area contributed by atoms with Gasteiger partial charge in [-0.05, 0) is 11.8 Å². The van der Waals surface area contributed by atoms with E-state index in [4.69, 9.17) is 0 Å². The van der Waals surface area contributed by atoms with Gasteiger partial charge in [0.05, 0.1) is 0 Å². The zero-order valence-electron chi connectivity index (χ0n) is 11.4. The van der Waals surface area contributed by atoms with Crippen LogP contribution in [0.4, 0.5) is 0 Å². The molecule has 2 atom stereocenters. The summed E-state index contributed by atoms with van der Waals surface area (Å²) in [5.41, 5.74) is 0. The molecule has 0 spiro atoms. The van der Waals surface area contributed by atoms with Crippen molar-refractivity contribution in [3.63, 3.8) is 0 Å². The molecule has 0 aliphatic rings. The van der Waals surface area contributed by atoms with Crippen LogP contribution in [0.2, 0.25) is 0 Å². The van der Waals surface area contributed by atoms with Crippen molar-refractivity contribution in [2.75, 3.05) is 0 Å². The lowest BCUT2D eigenvalue weighted by molar-refractivity contribution is 0.509. The summed E-state index contributed by atoms with van der Waals surface area (Å²) in [7, 11) is 0. The molecule has 0 aromatic rings. The molecule has 0 radical (unpaired) electrons. The van der Waals surface area contributed by atoms with E-state index in [2.05, 4.69) is 41.5 Å². The fraction of sp³-hybridized carbons (Fsp3) is 1.00. The maximum absolute atomic E-state index is 2.31. The van der Waals surface area contributed by atoms with E-state index in [1.54, 1.807) is 0 Å². The highest BCUT2D eigenvalue weighted by Crippen LogP contribution is 2.07. The molecule has 0 aromatic carbocycles. The smallest absolute Gasteiger partial charge is 0.0446 e. The van der Waals surface area contributed by atoms with Crippen LogP contribution < -0.4 is 0 Å². The number of hydrogen-bond acceptors (Lipinski definition) is 0. The second kappa shape index (κ2) is 13.0. The van der Waals surface area contributed by atoms with Crippen LogP contribution in [-0.4, -0.2) is 0 Å². The molecule has 0 rings (SSSR count). The Morgan fingerprint density at radius 1 is 0.643 bits per heavy atom. The van der Waals surface area contributed by atoms with Crippen molar-refractivity contribution in [1.29, 1.82) is 0 Å². The zero-order valence-corrected chi connectivity index (χ0v) is 11.4. The van der Waals surface area contributed by atoms with Gasteiger partial charge in [-0.15, -0.1) is 0 Å². The molecule has 0 aromatic heterocycles. The van der Waals surface area contributed by atoms with Crippen LogP contribution in [0.1, 0.15) is 80.1 Å². The predicted octanol–water partition coefficient (Wildman–Crippen LogP) is 5.67. The third-order valence-electron chi connectivity index (χ3n) is 2.96. The fourth-order valence-electron chi connectivity index (χ4n) is 1.39. The zero-order chi connectivity index (χ0) is 11.4. The third kappa shape index (κ3) is 14.5. The molecule has 0 N–H and O–H groups in total. The van der Waals surface area contributed by atoms with Gasteiger partial charge in [0.15, 0.2) is 0 Å². The van der Waals surface area contributed by atoms with E-state index in [0.29, 0.717) is 0 Å². The average Bonchev–Trinajstić information content (AvgIpc) is 2.19. The molecule has 0 heteroatoms. The van der Waals surface area contributed by atoms with Gasteiger partial charge in [-0.25, -0.2) is 0 Å². The van der Waals surface area contributed by atoms with Crippen molar-refractivity contribution in [2.24, 2.45) is 11.8 Å². The molecule has 2 unspecified atom stereocenters. The largest absolute Gasteiger partial charge is 0.0654 e. The Morgan fingerprint density at radius 3 is 1.00 bits per heavy atom. The van der Waals surface area contributed by atoms with Crippen molar-refractivity contribution >= 4 is 0 Å². The Balaban J connectivity index is 0. The van der Waals surface area contributed by atoms with Crippen LogP contribution in [0, 0.1) is 11.8 Å². The standard InChI is InChI=1S/2C7H16/c2*1-4-6-7(3)5-2/h2*7H,4-6H2,1-3H3. The van der Waals surface area contributed by atoms with Crippen molar-refractivity contribution < 1.29 is 0 Å². The summed E-state index contributed by atoms with van der Waals surface area (Å²) in [6, 6.07) is 0. The van der Waals surface area contributed by atoms with E-state index in [1.165, 1.54) is 38.5 Å². The first-order valence-electron chi connectivity index (χ1n) is 6.62. The highest BCUT2D eigenvalue weighted by atomic mass is 14.0. The van der Waals surface area contributed by atoms with E-state index >= 15 is 0 Å². The molecule has 0 aliphatic heterocycles. The Kier molecular flexibility index (Phi) is 15.3. The van der Waals surface area contributed by atoms with Crippen molar-refractivity contribution in [2.45, 2.75) is 80.1 Å². The molecule has 14 heavy (non-hydrogen) atoms. The van der Waals surface area contributed by atoms with E-state index in [0.717, 1.165) is 11.8 Å². The van der Waals surface area contributed by atoms with Gasteiger partial charge in [0.1, 0.15) is 0 Å². The van der Waals surface area contributed by atoms with Gasteiger partial charge in [-0.1, -0.05) is 80.1 Å². The lowest BCUT2D eigenvalue weighted by atomic mass is 10.0. The minimum Gasteiger partial charge on any atom is -0.0654 e. The van der Waals surface area contributed by atoms with Crippen LogP contribution in [-0.2, 0) is 0 Å². The molecule has 0 saturated carbocycles. The molecule has 0 heterocycles. The molecular formula is C14H32. The Labute approximate surface area is 92.5 Å². The molecule has 0 saturated heterocycles. The Morgan fingerprint density at radius 2 is 0.929 bits per heavy atom. The maximum Gasteiger partial charge on any atom is -0.0446 e. The molecule has 88 valence electrons. The first-order valence-corrected chi connectivity index (χ1v) is 6.62. The molecule has 0 bridgehead atoms. The molecule has 0 fully saturated rings. The summed E-state index contributed by atoms with van der Waals surface area (Å²) in [5, 5.41) is 0. The van der Waals surface area contributed by atoms with Crippen LogP contribution in [0.15, 0.2) is 0 Å². The lowest BCUT2D eigenvalue weighted by Gasteiger charge is -2.02. The van der Waals surface area contributed by atoms with E-state index in [1.807, 2.05) is 0 Å². The Hall–Kier alpha value is 0. The summed E-state index contributed by atoms with van der Waals surface area (Å²) in [4.78, 5) is 0. The first kappa shape index (κ1) is 16.4. The van der Waals surface area contributed by atoms with Crippen molar-refractivity contribution in [3.8, 4) is 0 Å². The predicted molar refractivity (Wildman–Crippen MR) is 68.7 cm³/mol. The van der Waals surface area contributed by atoms with E-state index in [9.17, 15) is 0 Å². The highest BCUT2D eigenvalue weighted by molar-refractivity contribution is 4.46. The maximum atomic E-state index is 2.31. The summed E-state index contributed by atoms with van der Waals surface area (Å²) >= 11 is 0. The van der Waals surface area contributed by atoms with Crippen LogP contribution in [0.3, 0.4) is 0 Å². The van der Waals surface area contributed by atoms with Crippen LogP contribution >= 0.6 is 0 Å². The first-order chi connectivity index (χ1) is 6.62. The fourth-order valence-corrected chi connectivity index (χ4v) is 1.39. The number of hydrogen-bond donors (Lipinski definition) is 0.